The van der Waals surface area contributed by atoms with Crippen LogP contribution in [-0.4, -0.2) is 33.2 Å². The molecular formula is C16H27O6Ti-. The van der Waals surface area contributed by atoms with Gasteiger partial charge < -0.3 is 15.3 Å². The Kier molecular flexibility index (Phi) is 26.5. The van der Waals surface area contributed by atoms with Crippen molar-refractivity contribution < 1.29 is 51.4 Å². The van der Waals surface area contributed by atoms with E-state index in [1.54, 1.807) is 20.8 Å². The molecule has 3 N–H and O–H groups in total. The van der Waals surface area contributed by atoms with Crippen molar-refractivity contribution in [3.8, 4) is 0 Å². The van der Waals surface area contributed by atoms with Crippen LogP contribution in [0.15, 0.2) is 17.2 Å². The van der Waals surface area contributed by atoms with Gasteiger partial charge >= 0.3 is 17.9 Å². The summed E-state index contributed by atoms with van der Waals surface area (Å²) < 4.78 is 0. The molecular weight excluding hydrogens is 336 g/mol. The fraction of sp³-hybridized carbons (Fsp3) is 0.562. The summed E-state index contributed by atoms with van der Waals surface area (Å²) in [6, 6.07) is 0. The quantitative estimate of drug-likeness (QED) is 0.522. The van der Waals surface area contributed by atoms with Crippen LogP contribution >= 0.6 is 0 Å². The van der Waals surface area contributed by atoms with E-state index in [1.807, 2.05) is 0 Å². The molecule has 1 aliphatic rings. The van der Waals surface area contributed by atoms with E-state index >= 15 is 0 Å². The Morgan fingerprint density at radius 3 is 1.22 bits per heavy atom. The SMILES string of the molecule is CC1=[C-]CC=C1C.CCC(=O)O.CCC(=O)O.CCC(=O)O.[Ti]. The number of rotatable bonds is 3. The maximum Gasteiger partial charge on any atom is 0.303 e. The van der Waals surface area contributed by atoms with Gasteiger partial charge in [0, 0.05) is 41.0 Å². The van der Waals surface area contributed by atoms with Crippen LogP contribution in [0.4, 0.5) is 0 Å². The first-order valence-electron chi connectivity index (χ1n) is 7.02. The first-order valence-corrected chi connectivity index (χ1v) is 7.02. The molecule has 0 amide bonds. The van der Waals surface area contributed by atoms with Gasteiger partial charge in [-0.25, -0.2) is 11.1 Å². The van der Waals surface area contributed by atoms with Crippen LogP contribution in [0.1, 0.15) is 60.3 Å². The molecule has 0 heterocycles. The Bertz CT molecular complexity index is 350. The summed E-state index contributed by atoms with van der Waals surface area (Å²) in [6.07, 6.45) is 7.08. The van der Waals surface area contributed by atoms with Gasteiger partial charge in [0.1, 0.15) is 0 Å². The molecule has 0 unspecified atom stereocenters. The second-order valence-corrected chi connectivity index (χ2v) is 4.13. The molecule has 0 aromatic heterocycles. The van der Waals surface area contributed by atoms with Gasteiger partial charge in [-0.05, 0) is 0 Å². The maximum atomic E-state index is 9.37. The predicted octanol–water partition coefficient (Wildman–Crippen LogP) is 3.53. The third-order valence-electron chi connectivity index (χ3n) is 2.27. The fourth-order valence-electron chi connectivity index (χ4n) is 0.650. The van der Waals surface area contributed by atoms with Gasteiger partial charge in [0.2, 0.25) is 0 Å². The Labute approximate surface area is 153 Å². The zero-order valence-corrected chi connectivity index (χ0v) is 16.0. The topological polar surface area (TPSA) is 112 Å². The molecule has 0 bridgehead atoms. The van der Waals surface area contributed by atoms with E-state index in [4.69, 9.17) is 15.3 Å². The molecule has 1 aliphatic carbocycles. The van der Waals surface area contributed by atoms with Crippen LogP contribution < -0.4 is 0 Å². The predicted molar refractivity (Wildman–Crippen MR) is 84.6 cm³/mol. The minimum atomic E-state index is -0.745. The van der Waals surface area contributed by atoms with Crippen LogP contribution in [-0.2, 0) is 36.1 Å². The Morgan fingerprint density at radius 1 is 0.913 bits per heavy atom. The summed E-state index contributed by atoms with van der Waals surface area (Å²) in [7, 11) is 0. The van der Waals surface area contributed by atoms with Gasteiger partial charge in [-0.2, -0.15) is 6.08 Å². The van der Waals surface area contributed by atoms with Crippen LogP contribution in [0.25, 0.3) is 0 Å². The molecule has 0 aromatic carbocycles. The second-order valence-electron chi connectivity index (χ2n) is 4.13. The monoisotopic (exact) mass is 363 g/mol. The molecule has 0 atom stereocenters. The molecule has 132 valence electrons. The molecule has 1 rings (SSSR count). The summed E-state index contributed by atoms with van der Waals surface area (Å²) in [5.74, 6) is -2.24. The largest absolute Gasteiger partial charge is 0.481 e. The number of hydrogen-bond acceptors (Lipinski definition) is 3. The van der Waals surface area contributed by atoms with Crippen molar-refractivity contribution in [3.05, 3.63) is 23.3 Å². The summed E-state index contributed by atoms with van der Waals surface area (Å²) in [5, 5.41) is 23.2. The first-order chi connectivity index (χ1) is 10.1. The Hall–Kier alpha value is -1.40. The van der Waals surface area contributed by atoms with E-state index in [9.17, 15) is 14.4 Å². The third kappa shape index (κ3) is 33.4. The normalized spacial score (nSPS) is 10.7. The number of carboxylic acid groups (broad SMARTS) is 3. The third-order valence-corrected chi connectivity index (χ3v) is 2.27. The summed E-state index contributed by atoms with van der Waals surface area (Å²) in [4.78, 5) is 28.1. The molecule has 0 aliphatic heterocycles. The molecule has 7 heteroatoms. The second kappa shape index (κ2) is 20.6. The fourth-order valence-corrected chi connectivity index (χ4v) is 0.650. The maximum absolute atomic E-state index is 9.37. The van der Waals surface area contributed by atoms with Crippen molar-refractivity contribution in [2.75, 3.05) is 0 Å². The zero-order valence-electron chi connectivity index (χ0n) is 14.5. The zero-order chi connectivity index (χ0) is 18.1. The van der Waals surface area contributed by atoms with Crippen molar-refractivity contribution in [1.29, 1.82) is 0 Å². The van der Waals surface area contributed by atoms with Gasteiger partial charge in [-0.3, -0.25) is 20.5 Å². The number of aliphatic carboxylic acids is 3. The molecule has 0 saturated carbocycles. The van der Waals surface area contributed by atoms with Crippen molar-refractivity contribution in [2.45, 2.75) is 60.3 Å². The van der Waals surface area contributed by atoms with Gasteiger partial charge in [0.25, 0.3) is 0 Å². The summed E-state index contributed by atoms with van der Waals surface area (Å²) in [6.45, 7) is 9.02. The minimum absolute atomic E-state index is 0. The van der Waals surface area contributed by atoms with Crippen LogP contribution in [0.2, 0.25) is 0 Å². The van der Waals surface area contributed by atoms with Crippen molar-refractivity contribution in [1.82, 2.24) is 0 Å². The van der Waals surface area contributed by atoms with E-state index in [2.05, 4.69) is 26.0 Å². The molecule has 0 aromatic rings. The summed E-state index contributed by atoms with van der Waals surface area (Å²) >= 11 is 0. The summed E-state index contributed by atoms with van der Waals surface area (Å²) in [5.41, 5.74) is 2.71. The number of carboxylic acids is 3. The first kappa shape index (κ1) is 29.6. The van der Waals surface area contributed by atoms with E-state index in [1.165, 1.54) is 11.1 Å². The number of allylic oxidation sites excluding steroid dienone is 4. The number of hydrogen-bond donors (Lipinski definition) is 3. The molecule has 6 nitrogen and oxygen atoms in total. The van der Waals surface area contributed by atoms with Crippen LogP contribution in [0.5, 0.6) is 0 Å². The van der Waals surface area contributed by atoms with E-state index in [0.717, 1.165) is 6.42 Å². The van der Waals surface area contributed by atoms with Crippen LogP contribution in [0.3, 0.4) is 0 Å². The van der Waals surface area contributed by atoms with Gasteiger partial charge in [-0.15, -0.1) is 13.3 Å². The Balaban J connectivity index is -0.000000105. The van der Waals surface area contributed by atoms with Gasteiger partial charge in [-0.1, -0.05) is 27.7 Å². The van der Waals surface area contributed by atoms with E-state index in [-0.39, 0.29) is 41.0 Å². The molecule has 0 spiro atoms. The molecule has 0 saturated heterocycles. The van der Waals surface area contributed by atoms with Gasteiger partial charge in [0.15, 0.2) is 0 Å². The van der Waals surface area contributed by atoms with E-state index < -0.39 is 17.9 Å². The molecule has 0 radical (unpaired) electrons. The molecule has 0 fully saturated rings. The van der Waals surface area contributed by atoms with Crippen molar-refractivity contribution >= 4 is 17.9 Å². The average Bonchev–Trinajstić information content (AvgIpc) is 2.84. The standard InChI is InChI=1S/C7H9.3C3H6O2.Ti/c1-6-4-3-5-7(6)2;3*1-2-3(4)5;/h4H,3H2,1-2H3;3*2H2,1H3,(H,4,5);/q-1;;;;. The van der Waals surface area contributed by atoms with E-state index in [0.29, 0.717) is 0 Å². The number of carbonyl (C=O) groups is 3. The van der Waals surface area contributed by atoms with Crippen molar-refractivity contribution in [3.63, 3.8) is 0 Å². The molecule has 23 heavy (non-hydrogen) atoms. The smallest absolute Gasteiger partial charge is 0.303 e. The van der Waals surface area contributed by atoms with Crippen LogP contribution in [0, 0.1) is 6.08 Å². The minimum Gasteiger partial charge on any atom is -0.481 e. The van der Waals surface area contributed by atoms with Crippen molar-refractivity contribution in [2.24, 2.45) is 0 Å². The average molecular weight is 363 g/mol. The Morgan fingerprint density at radius 2 is 1.17 bits per heavy atom. The van der Waals surface area contributed by atoms with Gasteiger partial charge in [0.05, 0.1) is 0 Å².